The molecule has 0 heterocycles. The van der Waals surface area contributed by atoms with Crippen LogP contribution in [0, 0.1) is 5.92 Å². The van der Waals surface area contributed by atoms with Crippen LogP contribution in [0.15, 0.2) is 35.3 Å². The predicted octanol–water partition coefficient (Wildman–Crippen LogP) is 3.38. The molecule has 1 saturated carbocycles. The van der Waals surface area contributed by atoms with Crippen LogP contribution in [-0.4, -0.2) is 12.0 Å². The number of nitrogens with zero attached hydrogens (tertiary/aromatic N) is 1. The quantitative estimate of drug-likeness (QED) is 0.477. The molecule has 1 fully saturated rings. The van der Waals surface area contributed by atoms with Crippen LogP contribution in [0.1, 0.15) is 39.0 Å². The molecule has 0 saturated heterocycles. The monoisotopic (exact) mass is 245 g/mol. The third-order valence-electron chi connectivity index (χ3n) is 3.67. The van der Waals surface area contributed by atoms with Gasteiger partial charge in [0.2, 0.25) is 0 Å². The van der Waals surface area contributed by atoms with Crippen molar-refractivity contribution in [2.45, 2.75) is 45.1 Å². The molecule has 0 spiro atoms. The summed E-state index contributed by atoms with van der Waals surface area (Å²) in [7, 11) is 0. The van der Waals surface area contributed by atoms with E-state index in [4.69, 9.17) is 5.73 Å². The summed E-state index contributed by atoms with van der Waals surface area (Å²) in [5.41, 5.74) is 6.99. The lowest BCUT2D eigenvalue weighted by Crippen LogP contribution is -2.27. The summed E-state index contributed by atoms with van der Waals surface area (Å²) < 4.78 is 0. The number of para-hydroxylation sites is 1. The summed E-state index contributed by atoms with van der Waals surface area (Å²) in [5, 5.41) is 3.16. The normalized spacial score (nSPS) is 25.5. The van der Waals surface area contributed by atoms with E-state index in [1.54, 1.807) is 0 Å². The number of benzene rings is 1. The SMILES string of the molecule is CC1CCCCCC1N=C(N)Nc1ccccc1. The van der Waals surface area contributed by atoms with E-state index in [0.29, 0.717) is 17.9 Å². The third kappa shape index (κ3) is 3.76. The Balaban J connectivity index is 1.98. The fraction of sp³-hybridized carbons (Fsp3) is 0.533. The van der Waals surface area contributed by atoms with Gasteiger partial charge in [-0.25, -0.2) is 4.99 Å². The smallest absolute Gasteiger partial charge is 0.193 e. The van der Waals surface area contributed by atoms with Crippen molar-refractivity contribution < 1.29 is 0 Å². The average Bonchev–Trinajstić information content (AvgIpc) is 2.56. The molecule has 2 atom stereocenters. The molecule has 2 rings (SSSR count). The highest BCUT2D eigenvalue weighted by atomic mass is 15.1. The van der Waals surface area contributed by atoms with E-state index < -0.39 is 0 Å². The molecule has 2 unspecified atom stereocenters. The van der Waals surface area contributed by atoms with Gasteiger partial charge in [-0.05, 0) is 30.9 Å². The third-order valence-corrected chi connectivity index (χ3v) is 3.67. The Labute approximate surface area is 109 Å². The molecular weight excluding hydrogens is 222 g/mol. The summed E-state index contributed by atoms with van der Waals surface area (Å²) in [6.45, 7) is 2.29. The Morgan fingerprint density at radius 1 is 1.17 bits per heavy atom. The van der Waals surface area contributed by atoms with Crippen LogP contribution in [0.5, 0.6) is 0 Å². The van der Waals surface area contributed by atoms with Crippen molar-refractivity contribution in [1.29, 1.82) is 0 Å². The molecule has 0 radical (unpaired) electrons. The van der Waals surface area contributed by atoms with Gasteiger partial charge >= 0.3 is 0 Å². The maximum Gasteiger partial charge on any atom is 0.193 e. The number of nitrogens with two attached hydrogens (primary N) is 1. The average molecular weight is 245 g/mol. The first-order chi connectivity index (χ1) is 8.75. The van der Waals surface area contributed by atoms with Crippen LogP contribution in [0.4, 0.5) is 5.69 Å². The van der Waals surface area contributed by atoms with E-state index in [0.717, 1.165) is 5.69 Å². The Hall–Kier alpha value is -1.51. The fourth-order valence-electron chi connectivity index (χ4n) is 2.55. The summed E-state index contributed by atoms with van der Waals surface area (Å²) in [4.78, 5) is 4.66. The zero-order chi connectivity index (χ0) is 12.8. The summed E-state index contributed by atoms with van der Waals surface area (Å²) in [6, 6.07) is 10.3. The van der Waals surface area contributed by atoms with Crippen molar-refractivity contribution in [3.8, 4) is 0 Å². The Kier molecular flexibility index (Phi) is 4.62. The second-order valence-corrected chi connectivity index (χ2v) is 5.19. The van der Waals surface area contributed by atoms with Gasteiger partial charge in [0.15, 0.2) is 5.96 Å². The Morgan fingerprint density at radius 3 is 2.67 bits per heavy atom. The molecule has 98 valence electrons. The lowest BCUT2D eigenvalue weighted by molar-refractivity contribution is 0.434. The zero-order valence-electron chi connectivity index (χ0n) is 11.1. The van der Waals surface area contributed by atoms with Crippen molar-refractivity contribution in [2.24, 2.45) is 16.6 Å². The molecule has 1 aromatic carbocycles. The van der Waals surface area contributed by atoms with Crippen LogP contribution >= 0.6 is 0 Å². The van der Waals surface area contributed by atoms with Gasteiger partial charge in [0.1, 0.15) is 0 Å². The summed E-state index contributed by atoms with van der Waals surface area (Å²) in [6.07, 6.45) is 6.38. The topological polar surface area (TPSA) is 50.4 Å². The molecular formula is C15H23N3. The maximum atomic E-state index is 5.99. The van der Waals surface area contributed by atoms with Gasteiger partial charge in [-0.3, -0.25) is 0 Å². The van der Waals surface area contributed by atoms with Crippen LogP contribution in [0.25, 0.3) is 0 Å². The Bertz CT molecular complexity index is 386. The van der Waals surface area contributed by atoms with Crippen LogP contribution in [-0.2, 0) is 0 Å². The number of aliphatic imine (C=N–C) groups is 1. The van der Waals surface area contributed by atoms with E-state index in [-0.39, 0.29) is 0 Å². The summed E-state index contributed by atoms with van der Waals surface area (Å²) >= 11 is 0. The highest BCUT2D eigenvalue weighted by molar-refractivity contribution is 5.92. The van der Waals surface area contributed by atoms with Crippen LogP contribution in [0.2, 0.25) is 0 Å². The standard InChI is InChI=1S/C15H23N3/c1-12-8-4-2-7-11-14(12)18-15(16)17-13-9-5-3-6-10-13/h3,5-6,9-10,12,14H,2,4,7-8,11H2,1H3,(H3,16,17,18). The zero-order valence-corrected chi connectivity index (χ0v) is 11.1. The molecule has 1 aromatic rings. The predicted molar refractivity (Wildman–Crippen MR) is 77.7 cm³/mol. The summed E-state index contributed by atoms with van der Waals surface area (Å²) in [5.74, 6) is 1.18. The van der Waals surface area contributed by atoms with E-state index in [9.17, 15) is 0 Å². The minimum absolute atomic E-state index is 0.378. The minimum atomic E-state index is 0.378. The maximum absolute atomic E-state index is 5.99. The van der Waals surface area contributed by atoms with Gasteiger partial charge in [-0.1, -0.05) is 44.4 Å². The van der Waals surface area contributed by atoms with Crippen molar-refractivity contribution in [3.05, 3.63) is 30.3 Å². The van der Waals surface area contributed by atoms with E-state index >= 15 is 0 Å². The van der Waals surface area contributed by atoms with Crippen LogP contribution < -0.4 is 11.1 Å². The lowest BCUT2D eigenvalue weighted by atomic mass is 9.98. The van der Waals surface area contributed by atoms with E-state index in [1.807, 2.05) is 30.3 Å². The Morgan fingerprint density at radius 2 is 1.89 bits per heavy atom. The highest BCUT2D eigenvalue weighted by Crippen LogP contribution is 2.25. The largest absolute Gasteiger partial charge is 0.370 e. The fourth-order valence-corrected chi connectivity index (χ4v) is 2.55. The molecule has 1 aliphatic rings. The first-order valence-corrected chi connectivity index (χ1v) is 6.91. The van der Waals surface area contributed by atoms with E-state index in [2.05, 4.69) is 17.2 Å². The van der Waals surface area contributed by atoms with Gasteiger partial charge < -0.3 is 11.1 Å². The molecule has 18 heavy (non-hydrogen) atoms. The molecule has 3 nitrogen and oxygen atoms in total. The molecule has 1 aliphatic carbocycles. The second kappa shape index (κ2) is 6.43. The highest BCUT2D eigenvalue weighted by Gasteiger charge is 2.19. The molecule has 0 amide bonds. The van der Waals surface area contributed by atoms with E-state index in [1.165, 1.54) is 32.1 Å². The number of hydrogen-bond acceptors (Lipinski definition) is 1. The second-order valence-electron chi connectivity index (χ2n) is 5.19. The van der Waals surface area contributed by atoms with Crippen molar-refractivity contribution >= 4 is 11.6 Å². The number of hydrogen-bond donors (Lipinski definition) is 2. The van der Waals surface area contributed by atoms with Crippen molar-refractivity contribution in [1.82, 2.24) is 0 Å². The van der Waals surface area contributed by atoms with Gasteiger partial charge in [0.05, 0.1) is 6.04 Å². The molecule has 0 aliphatic heterocycles. The van der Waals surface area contributed by atoms with Gasteiger partial charge in [0, 0.05) is 5.69 Å². The van der Waals surface area contributed by atoms with Crippen LogP contribution in [0.3, 0.4) is 0 Å². The lowest BCUT2D eigenvalue weighted by Gasteiger charge is -2.18. The molecule has 3 N–H and O–H groups in total. The van der Waals surface area contributed by atoms with Crippen molar-refractivity contribution in [2.75, 3.05) is 5.32 Å². The van der Waals surface area contributed by atoms with Crippen molar-refractivity contribution in [3.63, 3.8) is 0 Å². The van der Waals surface area contributed by atoms with Gasteiger partial charge in [0.25, 0.3) is 0 Å². The number of guanidine groups is 1. The number of rotatable bonds is 2. The molecule has 0 bridgehead atoms. The first kappa shape index (κ1) is 12.9. The van der Waals surface area contributed by atoms with Gasteiger partial charge in [-0.2, -0.15) is 0 Å². The number of nitrogens with one attached hydrogen (secondary N) is 1. The van der Waals surface area contributed by atoms with Gasteiger partial charge in [-0.15, -0.1) is 0 Å². The molecule has 0 aromatic heterocycles. The first-order valence-electron chi connectivity index (χ1n) is 6.91. The number of anilines is 1. The molecule has 3 heteroatoms. The minimum Gasteiger partial charge on any atom is -0.370 e.